The van der Waals surface area contributed by atoms with Gasteiger partial charge >= 0.3 is 0 Å². The van der Waals surface area contributed by atoms with Crippen molar-refractivity contribution < 1.29 is 9.59 Å². The molecule has 0 spiro atoms. The summed E-state index contributed by atoms with van der Waals surface area (Å²) in [5, 5.41) is 2.77. The summed E-state index contributed by atoms with van der Waals surface area (Å²) in [6, 6.07) is 6.82. The van der Waals surface area contributed by atoms with Gasteiger partial charge in [-0.15, -0.1) is 25.6 Å². The number of amides is 2. The summed E-state index contributed by atoms with van der Waals surface area (Å²) in [7, 11) is 0. The van der Waals surface area contributed by atoms with Gasteiger partial charge in [0.25, 0.3) is 5.91 Å². The van der Waals surface area contributed by atoms with Crippen LogP contribution in [0.15, 0.2) is 49.6 Å². The molecule has 6 heteroatoms. The van der Waals surface area contributed by atoms with E-state index in [1.54, 1.807) is 41.3 Å². The fourth-order valence-corrected chi connectivity index (χ4v) is 1.92. The average Bonchev–Trinajstić information content (AvgIpc) is 2.53. The molecule has 0 aromatic heterocycles. The molecule has 126 valence electrons. The molecular weight excluding hydrogens is 314 g/mol. The molecular formula is C17H24ClN3O2. The van der Waals surface area contributed by atoms with Crippen molar-refractivity contribution in [3.63, 3.8) is 0 Å². The van der Waals surface area contributed by atoms with Crippen LogP contribution in [0.2, 0.25) is 0 Å². The molecule has 23 heavy (non-hydrogen) atoms. The van der Waals surface area contributed by atoms with Crippen molar-refractivity contribution in [1.82, 2.24) is 4.90 Å². The second-order valence-corrected chi connectivity index (χ2v) is 4.81. The molecule has 0 aliphatic carbocycles. The zero-order valence-corrected chi connectivity index (χ0v) is 14.0. The minimum atomic E-state index is -0.0965. The summed E-state index contributed by atoms with van der Waals surface area (Å²) in [6.45, 7) is 8.70. The average molecular weight is 338 g/mol. The number of benzene rings is 1. The quantitative estimate of drug-likeness (QED) is 0.680. The fourth-order valence-electron chi connectivity index (χ4n) is 1.92. The highest BCUT2D eigenvalue weighted by atomic mass is 35.5. The number of carbonyl (C=O) groups is 2. The van der Waals surface area contributed by atoms with Gasteiger partial charge < -0.3 is 16.0 Å². The second-order valence-electron chi connectivity index (χ2n) is 4.81. The zero-order valence-electron chi connectivity index (χ0n) is 13.2. The van der Waals surface area contributed by atoms with Crippen LogP contribution in [0, 0.1) is 0 Å². The number of nitrogens with two attached hydrogens (primary N) is 1. The molecule has 0 radical (unpaired) electrons. The fraction of sp³-hybridized carbons (Fsp3) is 0.294. The lowest BCUT2D eigenvalue weighted by molar-refractivity contribution is -0.116. The molecule has 0 saturated heterocycles. The van der Waals surface area contributed by atoms with E-state index in [0.29, 0.717) is 43.7 Å². The third kappa shape index (κ3) is 7.13. The number of hydrogen-bond acceptors (Lipinski definition) is 3. The van der Waals surface area contributed by atoms with Crippen molar-refractivity contribution in [2.75, 3.05) is 25.0 Å². The van der Waals surface area contributed by atoms with Crippen LogP contribution < -0.4 is 11.1 Å². The van der Waals surface area contributed by atoms with Crippen LogP contribution >= 0.6 is 12.4 Å². The Labute approximate surface area is 143 Å². The van der Waals surface area contributed by atoms with Crippen molar-refractivity contribution in [3.05, 3.63) is 55.1 Å². The van der Waals surface area contributed by atoms with Crippen molar-refractivity contribution in [2.45, 2.75) is 12.8 Å². The number of carbonyl (C=O) groups excluding carboxylic acids is 2. The number of nitrogens with one attached hydrogen (secondary N) is 1. The molecule has 0 bridgehead atoms. The first-order chi connectivity index (χ1) is 10.6. The number of rotatable bonds is 9. The van der Waals surface area contributed by atoms with Crippen LogP contribution in [0.25, 0.3) is 0 Å². The highest BCUT2D eigenvalue weighted by molar-refractivity contribution is 5.96. The van der Waals surface area contributed by atoms with Crippen LogP contribution in [0.4, 0.5) is 5.69 Å². The van der Waals surface area contributed by atoms with E-state index in [0.717, 1.165) is 0 Å². The Morgan fingerprint density at radius 1 is 1.13 bits per heavy atom. The molecule has 0 saturated carbocycles. The molecule has 1 aromatic rings. The molecule has 5 nitrogen and oxygen atoms in total. The standard InChI is InChI=1S/C17H23N3O2.ClH/c1-3-12-20(13-4-2)17(22)14-7-9-15(10-8-14)19-16(21)6-5-11-18;/h3-4,7-10H,1-2,5-6,11-13,18H2,(H,19,21);1H. The van der Waals surface area contributed by atoms with Gasteiger partial charge in [0.1, 0.15) is 0 Å². The van der Waals surface area contributed by atoms with Gasteiger partial charge in [0.2, 0.25) is 5.91 Å². The third-order valence-corrected chi connectivity index (χ3v) is 3.01. The van der Waals surface area contributed by atoms with E-state index in [1.165, 1.54) is 0 Å². The first-order valence-electron chi connectivity index (χ1n) is 7.23. The van der Waals surface area contributed by atoms with Crippen LogP contribution in [-0.4, -0.2) is 36.3 Å². The van der Waals surface area contributed by atoms with Crippen LogP contribution in [-0.2, 0) is 4.79 Å². The maximum Gasteiger partial charge on any atom is 0.254 e. The largest absolute Gasteiger partial charge is 0.331 e. The monoisotopic (exact) mass is 337 g/mol. The predicted molar refractivity (Wildman–Crippen MR) is 96.9 cm³/mol. The van der Waals surface area contributed by atoms with Gasteiger partial charge in [-0.25, -0.2) is 0 Å². The van der Waals surface area contributed by atoms with E-state index >= 15 is 0 Å². The van der Waals surface area contributed by atoms with Gasteiger partial charge in [0.15, 0.2) is 0 Å². The Morgan fingerprint density at radius 2 is 1.70 bits per heavy atom. The molecule has 0 heterocycles. The number of nitrogens with zero attached hydrogens (tertiary/aromatic N) is 1. The van der Waals surface area contributed by atoms with E-state index in [9.17, 15) is 9.59 Å². The molecule has 0 atom stereocenters. The van der Waals surface area contributed by atoms with E-state index in [2.05, 4.69) is 18.5 Å². The molecule has 1 aromatic carbocycles. The van der Waals surface area contributed by atoms with Crippen LogP contribution in [0.3, 0.4) is 0 Å². The molecule has 0 aliphatic rings. The Morgan fingerprint density at radius 3 is 2.17 bits per heavy atom. The molecule has 0 aliphatic heterocycles. The summed E-state index contributed by atoms with van der Waals surface area (Å²) in [5.41, 5.74) is 6.59. The predicted octanol–water partition coefficient (Wildman–Crippen LogP) is 2.60. The van der Waals surface area contributed by atoms with Crippen molar-refractivity contribution in [2.24, 2.45) is 5.73 Å². The Kier molecular flexibility index (Phi) is 10.4. The van der Waals surface area contributed by atoms with E-state index in [-0.39, 0.29) is 24.2 Å². The normalized spacial score (nSPS) is 9.43. The maximum absolute atomic E-state index is 12.3. The van der Waals surface area contributed by atoms with Gasteiger partial charge in [-0.2, -0.15) is 0 Å². The van der Waals surface area contributed by atoms with Crippen molar-refractivity contribution >= 4 is 29.9 Å². The second kappa shape index (κ2) is 11.5. The van der Waals surface area contributed by atoms with Gasteiger partial charge in [-0.1, -0.05) is 12.2 Å². The maximum atomic E-state index is 12.3. The lowest BCUT2D eigenvalue weighted by Gasteiger charge is -2.19. The number of anilines is 1. The SMILES string of the molecule is C=CCN(CC=C)C(=O)c1ccc(NC(=O)CCCN)cc1.Cl. The highest BCUT2D eigenvalue weighted by Crippen LogP contribution is 2.12. The summed E-state index contributed by atoms with van der Waals surface area (Å²) in [4.78, 5) is 25.6. The lowest BCUT2D eigenvalue weighted by Crippen LogP contribution is -2.31. The topological polar surface area (TPSA) is 75.4 Å². The van der Waals surface area contributed by atoms with E-state index in [4.69, 9.17) is 5.73 Å². The minimum Gasteiger partial charge on any atom is -0.331 e. The van der Waals surface area contributed by atoms with Gasteiger partial charge in [0.05, 0.1) is 0 Å². The lowest BCUT2D eigenvalue weighted by atomic mass is 10.1. The van der Waals surface area contributed by atoms with Gasteiger partial charge in [-0.3, -0.25) is 9.59 Å². The smallest absolute Gasteiger partial charge is 0.254 e. The molecule has 2 amide bonds. The van der Waals surface area contributed by atoms with Crippen LogP contribution in [0.5, 0.6) is 0 Å². The first-order valence-corrected chi connectivity index (χ1v) is 7.23. The molecule has 0 fully saturated rings. The van der Waals surface area contributed by atoms with E-state index in [1.807, 2.05) is 0 Å². The van der Waals surface area contributed by atoms with Crippen molar-refractivity contribution in [3.8, 4) is 0 Å². The number of halogens is 1. The molecule has 1 rings (SSSR count). The minimum absolute atomic E-state index is 0. The summed E-state index contributed by atoms with van der Waals surface area (Å²) in [5.74, 6) is -0.176. The van der Waals surface area contributed by atoms with E-state index < -0.39 is 0 Å². The first kappa shape index (κ1) is 20.9. The highest BCUT2D eigenvalue weighted by Gasteiger charge is 2.13. The molecule has 0 unspecified atom stereocenters. The third-order valence-electron chi connectivity index (χ3n) is 3.01. The van der Waals surface area contributed by atoms with Gasteiger partial charge in [-0.05, 0) is 37.2 Å². The summed E-state index contributed by atoms with van der Waals surface area (Å²) >= 11 is 0. The van der Waals surface area contributed by atoms with Gasteiger partial charge in [0, 0.05) is 30.8 Å². The summed E-state index contributed by atoms with van der Waals surface area (Å²) in [6.07, 6.45) is 4.39. The number of hydrogen-bond donors (Lipinski definition) is 2. The Hall–Kier alpha value is -2.11. The van der Waals surface area contributed by atoms with Crippen molar-refractivity contribution in [1.29, 1.82) is 0 Å². The van der Waals surface area contributed by atoms with Crippen LogP contribution in [0.1, 0.15) is 23.2 Å². The molecule has 3 N–H and O–H groups in total. The zero-order chi connectivity index (χ0) is 16.4. The Balaban J connectivity index is 0.00000484. The Bertz CT molecular complexity index is 519. The summed E-state index contributed by atoms with van der Waals surface area (Å²) < 4.78 is 0.